The Hall–Kier alpha value is -3.53. The number of anilines is 1. The summed E-state index contributed by atoms with van der Waals surface area (Å²) >= 11 is 0. The van der Waals surface area contributed by atoms with Crippen molar-refractivity contribution >= 4 is 22.6 Å². The summed E-state index contributed by atoms with van der Waals surface area (Å²) in [5, 5.41) is 10.9. The number of hydrogen-bond donors (Lipinski definition) is 2. The van der Waals surface area contributed by atoms with E-state index in [1.165, 1.54) is 0 Å². The summed E-state index contributed by atoms with van der Waals surface area (Å²) in [6, 6.07) is 25.0. The molecule has 0 radical (unpaired) electrons. The predicted octanol–water partition coefficient (Wildman–Crippen LogP) is 4.64. The molecule has 128 valence electrons. The Kier molecular flexibility index (Phi) is 3.93. The van der Waals surface area contributed by atoms with Crippen LogP contribution in [0.1, 0.15) is 16.1 Å². The zero-order chi connectivity index (χ0) is 18.1. The fraction of sp³-hybridized carbons (Fsp3) is 0.0455. The molecule has 0 saturated carbocycles. The van der Waals surface area contributed by atoms with Crippen LogP contribution in [-0.2, 0) is 6.54 Å². The summed E-state index contributed by atoms with van der Waals surface area (Å²) in [6.45, 7) is 0.482. The van der Waals surface area contributed by atoms with Crippen molar-refractivity contribution in [2.45, 2.75) is 6.54 Å². The first-order valence-electron chi connectivity index (χ1n) is 8.39. The second-order valence-electron chi connectivity index (χ2n) is 6.24. The van der Waals surface area contributed by atoms with Crippen LogP contribution in [0.5, 0.6) is 0 Å². The molecular formula is C22H18N2O2. The number of benzene rings is 3. The first kappa shape index (κ1) is 16.0. The lowest BCUT2D eigenvalue weighted by Crippen LogP contribution is -2.10. The SMILES string of the molecule is Nc1ccc2c(c1)c(-c1ccccc1)c(C(=O)O)n2Cc1ccccc1. The number of carboxylic acid groups (broad SMARTS) is 1. The zero-order valence-electron chi connectivity index (χ0n) is 14.1. The molecule has 4 aromatic rings. The van der Waals surface area contributed by atoms with Crippen LogP contribution in [0.2, 0.25) is 0 Å². The molecule has 0 atom stereocenters. The van der Waals surface area contributed by atoms with Gasteiger partial charge in [0.05, 0.1) is 0 Å². The maximum atomic E-state index is 12.2. The number of nitrogen functional groups attached to an aromatic ring is 1. The normalized spacial score (nSPS) is 10.9. The fourth-order valence-corrected chi connectivity index (χ4v) is 3.42. The van der Waals surface area contributed by atoms with Crippen molar-refractivity contribution in [1.82, 2.24) is 4.57 Å². The molecule has 3 aromatic carbocycles. The molecule has 0 bridgehead atoms. The van der Waals surface area contributed by atoms with Gasteiger partial charge in [-0.2, -0.15) is 0 Å². The lowest BCUT2D eigenvalue weighted by atomic mass is 10.0. The molecule has 1 heterocycles. The lowest BCUT2D eigenvalue weighted by molar-refractivity contribution is 0.0687. The summed E-state index contributed by atoms with van der Waals surface area (Å²) < 4.78 is 1.86. The maximum Gasteiger partial charge on any atom is 0.353 e. The Balaban J connectivity index is 2.05. The van der Waals surface area contributed by atoms with E-state index in [1.807, 2.05) is 83.4 Å². The Labute approximate surface area is 151 Å². The van der Waals surface area contributed by atoms with Crippen LogP contribution in [0.15, 0.2) is 78.9 Å². The van der Waals surface area contributed by atoms with Crippen LogP contribution < -0.4 is 5.73 Å². The number of rotatable bonds is 4. The zero-order valence-corrected chi connectivity index (χ0v) is 14.1. The van der Waals surface area contributed by atoms with Crippen LogP contribution in [0, 0.1) is 0 Å². The van der Waals surface area contributed by atoms with E-state index in [1.54, 1.807) is 0 Å². The Bertz CT molecular complexity index is 1080. The quantitative estimate of drug-likeness (QED) is 0.531. The lowest BCUT2D eigenvalue weighted by Gasteiger charge is -2.09. The monoisotopic (exact) mass is 342 g/mol. The Morgan fingerprint density at radius 2 is 1.58 bits per heavy atom. The molecule has 4 rings (SSSR count). The molecule has 1 aromatic heterocycles. The third-order valence-corrected chi connectivity index (χ3v) is 4.54. The van der Waals surface area contributed by atoms with Crippen molar-refractivity contribution in [3.05, 3.63) is 90.1 Å². The van der Waals surface area contributed by atoms with Crippen LogP contribution in [0.4, 0.5) is 5.69 Å². The van der Waals surface area contributed by atoms with Crippen molar-refractivity contribution in [3.63, 3.8) is 0 Å². The highest BCUT2D eigenvalue weighted by molar-refractivity contribution is 6.08. The first-order chi connectivity index (χ1) is 12.6. The van der Waals surface area contributed by atoms with Gasteiger partial charge in [-0.15, -0.1) is 0 Å². The highest BCUT2D eigenvalue weighted by Gasteiger charge is 2.23. The van der Waals surface area contributed by atoms with Gasteiger partial charge in [0.15, 0.2) is 0 Å². The van der Waals surface area contributed by atoms with Crippen molar-refractivity contribution in [1.29, 1.82) is 0 Å². The predicted molar refractivity (Wildman–Crippen MR) is 104 cm³/mol. The first-order valence-corrected chi connectivity index (χ1v) is 8.39. The van der Waals surface area contributed by atoms with Crippen LogP contribution in [0.3, 0.4) is 0 Å². The molecule has 3 N–H and O–H groups in total. The van der Waals surface area contributed by atoms with Gasteiger partial charge in [0.1, 0.15) is 5.69 Å². The largest absolute Gasteiger partial charge is 0.477 e. The molecule has 0 spiro atoms. The van der Waals surface area contributed by atoms with E-state index in [9.17, 15) is 9.90 Å². The average molecular weight is 342 g/mol. The van der Waals surface area contributed by atoms with Gasteiger partial charge in [0, 0.05) is 28.7 Å². The number of aromatic nitrogens is 1. The van der Waals surface area contributed by atoms with Gasteiger partial charge in [-0.3, -0.25) is 0 Å². The second kappa shape index (κ2) is 6.41. The second-order valence-corrected chi connectivity index (χ2v) is 6.24. The van der Waals surface area contributed by atoms with Gasteiger partial charge in [0.25, 0.3) is 0 Å². The third-order valence-electron chi connectivity index (χ3n) is 4.54. The van der Waals surface area contributed by atoms with E-state index >= 15 is 0 Å². The molecule has 0 aliphatic rings. The van der Waals surface area contributed by atoms with E-state index in [-0.39, 0.29) is 5.69 Å². The van der Waals surface area contributed by atoms with Crippen LogP contribution in [-0.4, -0.2) is 15.6 Å². The molecular weight excluding hydrogens is 324 g/mol. The molecule has 0 aliphatic heterocycles. The molecule has 0 aliphatic carbocycles. The topological polar surface area (TPSA) is 68.2 Å². The molecule has 26 heavy (non-hydrogen) atoms. The number of fused-ring (bicyclic) bond motifs is 1. The number of aromatic carboxylic acids is 1. The molecule has 0 fully saturated rings. The maximum absolute atomic E-state index is 12.2. The Morgan fingerprint density at radius 1 is 0.923 bits per heavy atom. The number of carbonyl (C=O) groups is 1. The molecule has 0 amide bonds. The van der Waals surface area contributed by atoms with Crippen molar-refractivity contribution in [2.24, 2.45) is 0 Å². The molecule has 0 saturated heterocycles. The van der Waals surface area contributed by atoms with E-state index in [4.69, 9.17) is 5.73 Å². The van der Waals surface area contributed by atoms with Gasteiger partial charge in [-0.1, -0.05) is 60.7 Å². The smallest absolute Gasteiger partial charge is 0.353 e. The highest BCUT2D eigenvalue weighted by atomic mass is 16.4. The third kappa shape index (κ3) is 2.71. The minimum atomic E-state index is -0.949. The van der Waals surface area contributed by atoms with Crippen LogP contribution in [0.25, 0.3) is 22.0 Å². The summed E-state index contributed by atoms with van der Waals surface area (Å²) in [7, 11) is 0. The fourth-order valence-electron chi connectivity index (χ4n) is 3.42. The minimum absolute atomic E-state index is 0.278. The number of nitrogens with two attached hydrogens (primary N) is 1. The standard InChI is InChI=1S/C22H18N2O2/c23-17-11-12-19-18(13-17)20(16-9-5-2-6-10-16)21(22(25)26)24(19)14-15-7-3-1-4-8-15/h1-13H,14,23H2,(H,25,26). The summed E-state index contributed by atoms with van der Waals surface area (Å²) in [6.07, 6.45) is 0. The summed E-state index contributed by atoms with van der Waals surface area (Å²) in [5.74, 6) is -0.949. The van der Waals surface area contributed by atoms with Crippen molar-refractivity contribution < 1.29 is 9.90 Å². The highest BCUT2D eigenvalue weighted by Crippen LogP contribution is 2.36. The van der Waals surface area contributed by atoms with Gasteiger partial charge < -0.3 is 15.4 Å². The van der Waals surface area contributed by atoms with Gasteiger partial charge in [0.2, 0.25) is 0 Å². The van der Waals surface area contributed by atoms with Gasteiger partial charge >= 0.3 is 5.97 Å². The van der Waals surface area contributed by atoms with E-state index in [0.717, 1.165) is 22.0 Å². The van der Waals surface area contributed by atoms with Crippen molar-refractivity contribution in [2.75, 3.05) is 5.73 Å². The average Bonchev–Trinajstić information content (AvgIpc) is 2.97. The molecule has 4 nitrogen and oxygen atoms in total. The minimum Gasteiger partial charge on any atom is -0.477 e. The van der Waals surface area contributed by atoms with Crippen LogP contribution >= 0.6 is 0 Å². The van der Waals surface area contributed by atoms with E-state index in [0.29, 0.717) is 17.8 Å². The van der Waals surface area contributed by atoms with Crippen molar-refractivity contribution in [3.8, 4) is 11.1 Å². The molecule has 0 unspecified atom stereocenters. The van der Waals surface area contributed by atoms with E-state index < -0.39 is 5.97 Å². The van der Waals surface area contributed by atoms with Gasteiger partial charge in [-0.05, 0) is 29.3 Å². The van der Waals surface area contributed by atoms with Gasteiger partial charge in [-0.25, -0.2) is 4.79 Å². The van der Waals surface area contributed by atoms with E-state index in [2.05, 4.69) is 0 Å². The Morgan fingerprint density at radius 3 is 2.23 bits per heavy atom. The summed E-state index contributed by atoms with van der Waals surface area (Å²) in [5.41, 5.74) is 10.4. The number of carboxylic acids is 1. The summed E-state index contributed by atoms with van der Waals surface area (Å²) in [4.78, 5) is 12.2. The number of nitrogens with zero attached hydrogens (tertiary/aromatic N) is 1. The number of hydrogen-bond acceptors (Lipinski definition) is 2. The molecule has 4 heteroatoms.